The third-order valence-corrected chi connectivity index (χ3v) is 2.49. The quantitative estimate of drug-likeness (QED) is 0.538. The molecule has 0 aromatic heterocycles. The van der Waals surface area contributed by atoms with Crippen molar-refractivity contribution >= 4 is 21.8 Å². The number of amides is 1. The van der Waals surface area contributed by atoms with Crippen LogP contribution in [0.5, 0.6) is 0 Å². The summed E-state index contributed by atoms with van der Waals surface area (Å²) in [5.41, 5.74) is 0. The molecule has 1 fully saturated rings. The van der Waals surface area contributed by atoms with Gasteiger partial charge in [0, 0.05) is 30.9 Å². The van der Waals surface area contributed by atoms with Crippen molar-refractivity contribution in [2.45, 2.75) is 18.2 Å². The number of rotatable bonds is 4. The number of ether oxygens (including phenoxy) is 1. The fraction of sp³-hybridized carbons (Fsp3) is 0.875. The molecular weight excluding hydrogens is 222 g/mol. The molecule has 1 aliphatic rings. The number of carbonyl (C=O) groups excluding carboxylic acids is 1. The molecule has 1 rings (SSSR count). The smallest absolute Gasteiger partial charge is 0.223 e. The number of alkyl halides is 1. The molecule has 1 amide bonds. The largest absolute Gasteiger partial charge is 0.380 e. The topological polar surface area (TPSA) is 29.5 Å². The summed E-state index contributed by atoms with van der Waals surface area (Å²) in [4.78, 5) is 13.4. The van der Waals surface area contributed by atoms with Crippen LogP contribution in [-0.2, 0) is 9.53 Å². The van der Waals surface area contributed by atoms with Crippen molar-refractivity contribution in [3.8, 4) is 0 Å². The third-order valence-electron chi connectivity index (χ3n) is 1.88. The van der Waals surface area contributed by atoms with Crippen molar-refractivity contribution in [1.82, 2.24) is 4.90 Å². The van der Waals surface area contributed by atoms with Gasteiger partial charge in [-0.05, 0) is 6.92 Å². The second kappa shape index (κ2) is 4.82. The van der Waals surface area contributed by atoms with E-state index in [2.05, 4.69) is 15.9 Å². The Labute approximate surface area is 81.2 Å². The molecule has 12 heavy (non-hydrogen) atoms. The normalized spacial score (nSPS) is 23.7. The van der Waals surface area contributed by atoms with Crippen molar-refractivity contribution in [3.63, 3.8) is 0 Å². The standard InChI is InChI=1S/C8H14BrNO2/c1-2-12-4-3-10-6-7(9)5-8(10)11/h7H,2-6H2,1H3. The molecule has 1 unspecified atom stereocenters. The number of nitrogens with zero attached hydrogens (tertiary/aromatic N) is 1. The highest BCUT2D eigenvalue weighted by Crippen LogP contribution is 2.17. The first-order valence-corrected chi connectivity index (χ1v) is 5.15. The summed E-state index contributed by atoms with van der Waals surface area (Å²) >= 11 is 3.42. The molecule has 0 aromatic rings. The SMILES string of the molecule is CCOCCN1CC(Br)CC1=O. The maximum Gasteiger partial charge on any atom is 0.223 e. The van der Waals surface area contributed by atoms with Crippen molar-refractivity contribution in [1.29, 1.82) is 0 Å². The van der Waals surface area contributed by atoms with E-state index in [0.29, 0.717) is 17.9 Å². The minimum absolute atomic E-state index is 0.233. The zero-order valence-electron chi connectivity index (χ0n) is 7.25. The fourth-order valence-electron chi connectivity index (χ4n) is 1.26. The Morgan fingerprint density at radius 1 is 1.75 bits per heavy atom. The summed E-state index contributed by atoms with van der Waals surface area (Å²) in [6, 6.07) is 0. The zero-order valence-corrected chi connectivity index (χ0v) is 8.84. The van der Waals surface area contributed by atoms with E-state index in [4.69, 9.17) is 4.74 Å². The second-order valence-corrected chi connectivity index (χ2v) is 4.13. The number of halogens is 1. The summed E-state index contributed by atoms with van der Waals surface area (Å²) < 4.78 is 5.17. The Balaban J connectivity index is 2.19. The first-order valence-electron chi connectivity index (χ1n) is 4.23. The molecule has 0 aromatic carbocycles. The molecule has 0 saturated carbocycles. The van der Waals surface area contributed by atoms with Crippen LogP contribution in [0, 0.1) is 0 Å². The van der Waals surface area contributed by atoms with Gasteiger partial charge in [-0.2, -0.15) is 0 Å². The van der Waals surface area contributed by atoms with Crippen LogP contribution in [-0.4, -0.2) is 41.9 Å². The monoisotopic (exact) mass is 235 g/mol. The Hall–Kier alpha value is -0.0900. The van der Waals surface area contributed by atoms with Gasteiger partial charge in [-0.1, -0.05) is 15.9 Å². The average molecular weight is 236 g/mol. The Kier molecular flexibility index (Phi) is 4.01. The molecule has 4 heteroatoms. The van der Waals surface area contributed by atoms with Gasteiger partial charge >= 0.3 is 0 Å². The summed E-state index contributed by atoms with van der Waals surface area (Å²) in [6.45, 7) is 4.89. The van der Waals surface area contributed by atoms with Crippen molar-refractivity contribution in [2.24, 2.45) is 0 Å². The predicted octanol–water partition coefficient (Wildman–Crippen LogP) is 1.02. The third kappa shape index (κ3) is 2.75. The Morgan fingerprint density at radius 3 is 3.00 bits per heavy atom. The highest BCUT2D eigenvalue weighted by Gasteiger charge is 2.26. The van der Waals surface area contributed by atoms with Crippen LogP contribution in [0.4, 0.5) is 0 Å². The summed E-state index contributed by atoms with van der Waals surface area (Å²) in [5.74, 6) is 0.233. The van der Waals surface area contributed by atoms with Gasteiger partial charge in [0.1, 0.15) is 0 Å². The number of carbonyl (C=O) groups is 1. The van der Waals surface area contributed by atoms with Crippen LogP contribution in [0.25, 0.3) is 0 Å². The second-order valence-electron chi connectivity index (χ2n) is 2.84. The highest BCUT2D eigenvalue weighted by molar-refractivity contribution is 9.09. The van der Waals surface area contributed by atoms with Gasteiger partial charge in [-0.15, -0.1) is 0 Å². The molecule has 70 valence electrons. The van der Waals surface area contributed by atoms with Gasteiger partial charge in [0.15, 0.2) is 0 Å². The van der Waals surface area contributed by atoms with Gasteiger partial charge in [-0.3, -0.25) is 4.79 Å². The Bertz CT molecular complexity index is 163. The molecule has 0 spiro atoms. The molecule has 0 aliphatic carbocycles. The lowest BCUT2D eigenvalue weighted by atomic mass is 10.4. The van der Waals surface area contributed by atoms with Crippen LogP contribution >= 0.6 is 15.9 Å². The predicted molar refractivity (Wildman–Crippen MR) is 50.4 cm³/mol. The number of hydrogen-bond acceptors (Lipinski definition) is 2. The van der Waals surface area contributed by atoms with Crippen molar-refractivity contribution in [2.75, 3.05) is 26.3 Å². The van der Waals surface area contributed by atoms with E-state index in [0.717, 1.165) is 19.7 Å². The maximum absolute atomic E-state index is 11.2. The highest BCUT2D eigenvalue weighted by atomic mass is 79.9. The van der Waals surface area contributed by atoms with Gasteiger partial charge in [-0.25, -0.2) is 0 Å². The van der Waals surface area contributed by atoms with Crippen LogP contribution in [0.1, 0.15) is 13.3 Å². The number of hydrogen-bond donors (Lipinski definition) is 0. The minimum atomic E-state index is 0.233. The minimum Gasteiger partial charge on any atom is -0.380 e. The van der Waals surface area contributed by atoms with Crippen LogP contribution in [0.3, 0.4) is 0 Å². The van der Waals surface area contributed by atoms with Crippen LogP contribution in [0.2, 0.25) is 0 Å². The summed E-state index contributed by atoms with van der Waals surface area (Å²) in [6.07, 6.45) is 0.631. The first-order chi connectivity index (χ1) is 5.74. The summed E-state index contributed by atoms with van der Waals surface area (Å²) in [7, 11) is 0. The lowest BCUT2D eigenvalue weighted by Gasteiger charge is -2.14. The van der Waals surface area contributed by atoms with Gasteiger partial charge in [0.2, 0.25) is 5.91 Å². The molecule has 3 nitrogen and oxygen atoms in total. The van der Waals surface area contributed by atoms with Gasteiger partial charge < -0.3 is 9.64 Å². The average Bonchev–Trinajstić information content (AvgIpc) is 2.31. The van der Waals surface area contributed by atoms with E-state index in [9.17, 15) is 4.79 Å². The molecular formula is C8H14BrNO2. The molecule has 1 saturated heterocycles. The first kappa shape index (κ1) is 9.99. The van der Waals surface area contributed by atoms with Crippen LogP contribution < -0.4 is 0 Å². The molecule has 0 N–H and O–H groups in total. The lowest BCUT2D eigenvalue weighted by Crippen LogP contribution is -2.29. The van der Waals surface area contributed by atoms with Crippen molar-refractivity contribution in [3.05, 3.63) is 0 Å². The van der Waals surface area contributed by atoms with E-state index in [1.54, 1.807) is 0 Å². The lowest BCUT2D eigenvalue weighted by molar-refractivity contribution is -0.128. The van der Waals surface area contributed by atoms with Gasteiger partial charge in [0.05, 0.1) is 6.61 Å². The zero-order chi connectivity index (χ0) is 8.97. The van der Waals surface area contributed by atoms with E-state index >= 15 is 0 Å². The molecule has 0 bridgehead atoms. The number of likely N-dealkylation sites (tertiary alicyclic amines) is 1. The molecule has 1 atom stereocenters. The summed E-state index contributed by atoms with van der Waals surface area (Å²) in [5, 5.41) is 0. The Morgan fingerprint density at radius 2 is 2.50 bits per heavy atom. The molecule has 1 heterocycles. The van der Waals surface area contributed by atoms with Gasteiger partial charge in [0.25, 0.3) is 0 Å². The molecule has 1 aliphatic heterocycles. The van der Waals surface area contributed by atoms with Crippen molar-refractivity contribution < 1.29 is 9.53 Å². The molecule has 0 radical (unpaired) electrons. The van der Waals surface area contributed by atoms with Crippen LogP contribution in [0.15, 0.2) is 0 Å². The van der Waals surface area contributed by atoms with E-state index in [1.165, 1.54) is 0 Å². The van der Waals surface area contributed by atoms with E-state index < -0.39 is 0 Å². The van der Waals surface area contributed by atoms with E-state index in [-0.39, 0.29) is 5.91 Å². The fourth-order valence-corrected chi connectivity index (χ4v) is 1.89. The van der Waals surface area contributed by atoms with E-state index in [1.807, 2.05) is 11.8 Å². The maximum atomic E-state index is 11.2.